The molecule has 23 heavy (non-hydrogen) atoms. The third-order valence-corrected chi connectivity index (χ3v) is 4.50. The maximum absolute atomic E-state index is 12.6. The average Bonchev–Trinajstić information content (AvgIpc) is 3.01. The maximum atomic E-state index is 12.6. The molecule has 1 amide bonds. The Morgan fingerprint density at radius 3 is 2.35 bits per heavy atom. The zero-order valence-electron chi connectivity index (χ0n) is 14.0. The summed E-state index contributed by atoms with van der Waals surface area (Å²) in [6, 6.07) is 7.97. The lowest BCUT2D eigenvalue weighted by Gasteiger charge is -2.30. The van der Waals surface area contributed by atoms with Crippen LogP contribution in [0.4, 0.5) is 0 Å². The lowest BCUT2D eigenvalue weighted by atomic mass is 9.96. The molecule has 1 aliphatic rings. The molecule has 2 heterocycles. The van der Waals surface area contributed by atoms with Gasteiger partial charge in [-0.3, -0.25) is 4.79 Å². The van der Waals surface area contributed by atoms with Crippen LogP contribution in [0.5, 0.6) is 0 Å². The van der Waals surface area contributed by atoms with Gasteiger partial charge < -0.3 is 9.32 Å². The van der Waals surface area contributed by atoms with Gasteiger partial charge in [-0.05, 0) is 36.5 Å². The van der Waals surface area contributed by atoms with Crippen molar-refractivity contribution < 1.29 is 9.21 Å². The van der Waals surface area contributed by atoms with Crippen LogP contribution in [0, 0.1) is 6.92 Å². The molecule has 0 atom stereocenters. The highest BCUT2D eigenvalue weighted by Crippen LogP contribution is 2.27. The molecule has 5 nitrogen and oxygen atoms in total. The number of likely N-dealkylation sites (tertiary alicyclic amines) is 1. The van der Waals surface area contributed by atoms with Crippen LogP contribution < -0.4 is 0 Å². The number of aromatic nitrogens is 2. The number of carbonyl (C=O) groups excluding carboxylic acids is 1. The molecule has 0 bridgehead atoms. The molecule has 1 aromatic heterocycles. The molecule has 0 N–H and O–H groups in total. The van der Waals surface area contributed by atoms with Gasteiger partial charge in [0.2, 0.25) is 11.8 Å². The second kappa shape index (κ2) is 6.52. The number of aryl methyl sites for hydroxylation is 1. The van der Waals surface area contributed by atoms with Gasteiger partial charge in [-0.2, -0.15) is 0 Å². The Balaban J connectivity index is 1.61. The molecule has 5 heteroatoms. The van der Waals surface area contributed by atoms with E-state index in [1.807, 2.05) is 29.2 Å². The summed E-state index contributed by atoms with van der Waals surface area (Å²) in [6.07, 6.45) is 1.74. The number of carbonyl (C=O) groups is 1. The van der Waals surface area contributed by atoms with E-state index in [9.17, 15) is 4.79 Å². The Bertz CT molecular complexity index is 668. The number of nitrogens with zero attached hydrogens (tertiary/aromatic N) is 3. The van der Waals surface area contributed by atoms with Gasteiger partial charge in [0.1, 0.15) is 0 Å². The van der Waals surface area contributed by atoms with Crippen molar-refractivity contribution in [2.45, 2.75) is 45.4 Å². The number of hydrogen-bond donors (Lipinski definition) is 0. The zero-order valence-corrected chi connectivity index (χ0v) is 14.0. The van der Waals surface area contributed by atoms with E-state index in [0.717, 1.165) is 31.5 Å². The van der Waals surface area contributed by atoms with E-state index in [1.165, 1.54) is 5.56 Å². The van der Waals surface area contributed by atoms with Crippen molar-refractivity contribution in [1.29, 1.82) is 0 Å². The number of benzene rings is 1. The molecule has 3 rings (SSSR count). The molecule has 0 radical (unpaired) electrons. The van der Waals surface area contributed by atoms with Gasteiger partial charge in [-0.25, -0.2) is 0 Å². The first kappa shape index (κ1) is 15.7. The monoisotopic (exact) mass is 313 g/mol. The lowest BCUT2D eigenvalue weighted by molar-refractivity contribution is 0.0706. The van der Waals surface area contributed by atoms with Gasteiger partial charge >= 0.3 is 0 Å². The second-order valence-corrected chi connectivity index (χ2v) is 6.50. The van der Waals surface area contributed by atoms with E-state index in [-0.39, 0.29) is 11.8 Å². The zero-order chi connectivity index (χ0) is 16.4. The molecule has 2 aromatic rings. The minimum absolute atomic E-state index is 0.112. The van der Waals surface area contributed by atoms with Crippen molar-refractivity contribution in [3.63, 3.8) is 0 Å². The highest BCUT2D eigenvalue weighted by molar-refractivity contribution is 5.94. The Morgan fingerprint density at radius 2 is 1.83 bits per heavy atom. The van der Waals surface area contributed by atoms with Crippen LogP contribution in [0.15, 0.2) is 28.7 Å². The van der Waals surface area contributed by atoms with Crippen molar-refractivity contribution in [1.82, 2.24) is 15.1 Å². The third-order valence-electron chi connectivity index (χ3n) is 4.50. The first-order valence-corrected chi connectivity index (χ1v) is 8.24. The molecule has 0 aliphatic carbocycles. The van der Waals surface area contributed by atoms with Crippen LogP contribution in [0.1, 0.15) is 66.2 Å². The van der Waals surface area contributed by atoms with Gasteiger partial charge in [0.15, 0.2) is 0 Å². The van der Waals surface area contributed by atoms with Gasteiger partial charge in [-0.15, -0.1) is 10.2 Å². The molecular weight excluding hydrogens is 290 g/mol. The van der Waals surface area contributed by atoms with Gasteiger partial charge in [0, 0.05) is 31.5 Å². The van der Waals surface area contributed by atoms with E-state index in [4.69, 9.17) is 4.42 Å². The fourth-order valence-corrected chi connectivity index (χ4v) is 3.00. The summed E-state index contributed by atoms with van der Waals surface area (Å²) in [6.45, 7) is 7.57. The van der Waals surface area contributed by atoms with E-state index in [0.29, 0.717) is 17.7 Å². The SMILES string of the molecule is Cc1nnc(C2CCN(C(=O)c3ccc(C(C)C)cc3)CC2)o1. The Labute approximate surface area is 136 Å². The summed E-state index contributed by atoms with van der Waals surface area (Å²) in [5.74, 6) is 2.16. The maximum Gasteiger partial charge on any atom is 0.253 e. The molecule has 0 unspecified atom stereocenters. The summed E-state index contributed by atoms with van der Waals surface area (Å²) < 4.78 is 5.51. The quantitative estimate of drug-likeness (QED) is 0.870. The number of rotatable bonds is 3. The van der Waals surface area contributed by atoms with Crippen molar-refractivity contribution in [3.8, 4) is 0 Å². The fourth-order valence-electron chi connectivity index (χ4n) is 3.00. The predicted octanol–water partition coefficient (Wildman–Crippen LogP) is 3.52. The average molecular weight is 313 g/mol. The second-order valence-electron chi connectivity index (χ2n) is 6.50. The standard InChI is InChI=1S/C18H23N3O2/c1-12(2)14-4-6-16(7-5-14)18(22)21-10-8-15(9-11-21)17-20-19-13(3)23-17/h4-7,12,15H,8-11H2,1-3H3. The van der Waals surface area contributed by atoms with E-state index in [2.05, 4.69) is 24.0 Å². The van der Waals surface area contributed by atoms with E-state index in [1.54, 1.807) is 6.92 Å². The third kappa shape index (κ3) is 3.44. The molecule has 1 aliphatic heterocycles. The molecular formula is C18H23N3O2. The molecule has 1 saturated heterocycles. The first-order chi connectivity index (χ1) is 11.0. The Kier molecular flexibility index (Phi) is 4.46. The largest absolute Gasteiger partial charge is 0.425 e. The normalized spacial score (nSPS) is 16.1. The predicted molar refractivity (Wildman–Crippen MR) is 87.4 cm³/mol. The van der Waals surface area contributed by atoms with Crippen LogP contribution in [0.3, 0.4) is 0 Å². The van der Waals surface area contributed by atoms with Crippen LogP contribution >= 0.6 is 0 Å². The van der Waals surface area contributed by atoms with E-state index < -0.39 is 0 Å². The minimum Gasteiger partial charge on any atom is -0.425 e. The van der Waals surface area contributed by atoms with Gasteiger partial charge in [-0.1, -0.05) is 26.0 Å². The fraction of sp³-hybridized carbons (Fsp3) is 0.500. The number of amides is 1. The topological polar surface area (TPSA) is 59.2 Å². The van der Waals surface area contributed by atoms with Crippen LogP contribution in [-0.2, 0) is 0 Å². The highest BCUT2D eigenvalue weighted by atomic mass is 16.4. The van der Waals surface area contributed by atoms with Crippen LogP contribution in [0.2, 0.25) is 0 Å². The number of piperidine rings is 1. The first-order valence-electron chi connectivity index (χ1n) is 8.24. The van der Waals surface area contributed by atoms with E-state index >= 15 is 0 Å². The molecule has 1 fully saturated rings. The molecule has 122 valence electrons. The van der Waals surface area contributed by atoms with Crippen LogP contribution in [-0.4, -0.2) is 34.1 Å². The summed E-state index contributed by atoms with van der Waals surface area (Å²) in [5, 5.41) is 7.99. The molecule has 0 spiro atoms. The summed E-state index contributed by atoms with van der Waals surface area (Å²) in [5.41, 5.74) is 2.02. The summed E-state index contributed by atoms with van der Waals surface area (Å²) in [4.78, 5) is 14.5. The van der Waals surface area contributed by atoms with Crippen molar-refractivity contribution in [3.05, 3.63) is 47.2 Å². The Hall–Kier alpha value is -2.17. The van der Waals surface area contributed by atoms with Crippen LogP contribution in [0.25, 0.3) is 0 Å². The summed E-state index contributed by atoms with van der Waals surface area (Å²) >= 11 is 0. The smallest absolute Gasteiger partial charge is 0.253 e. The number of hydrogen-bond acceptors (Lipinski definition) is 4. The minimum atomic E-state index is 0.112. The molecule has 0 saturated carbocycles. The van der Waals surface area contributed by atoms with Crippen molar-refractivity contribution in [2.75, 3.05) is 13.1 Å². The van der Waals surface area contributed by atoms with Gasteiger partial charge in [0.05, 0.1) is 0 Å². The molecule has 1 aromatic carbocycles. The highest BCUT2D eigenvalue weighted by Gasteiger charge is 2.27. The van der Waals surface area contributed by atoms with Crippen molar-refractivity contribution in [2.24, 2.45) is 0 Å². The van der Waals surface area contributed by atoms with Gasteiger partial charge in [0.25, 0.3) is 5.91 Å². The summed E-state index contributed by atoms with van der Waals surface area (Å²) in [7, 11) is 0. The lowest BCUT2D eigenvalue weighted by Crippen LogP contribution is -2.38. The van der Waals surface area contributed by atoms with Crippen molar-refractivity contribution >= 4 is 5.91 Å². The Morgan fingerprint density at radius 1 is 1.17 bits per heavy atom.